The Hall–Kier alpha value is -1.12. The molecule has 0 aromatic heterocycles. The van der Waals surface area contributed by atoms with Gasteiger partial charge in [-0.3, -0.25) is 4.90 Å². The molecule has 1 aliphatic rings. The Morgan fingerprint density at radius 3 is 2.67 bits per heavy atom. The lowest BCUT2D eigenvalue weighted by atomic mass is 9.86. The molecule has 2 heteroatoms. The minimum absolute atomic E-state index is 0.0808. The van der Waals surface area contributed by atoms with E-state index >= 15 is 0 Å². The lowest BCUT2D eigenvalue weighted by Crippen LogP contribution is -2.61. The molecule has 2 unspecified atom stereocenters. The molecule has 1 aliphatic heterocycles. The maximum Gasteiger partial charge on any atom is 0.0561 e. The summed E-state index contributed by atoms with van der Waals surface area (Å²) in [6.07, 6.45) is 4.86. The Kier molecular flexibility index (Phi) is 5.60. The average Bonchev–Trinajstić information content (AvgIpc) is 2.49. The van der Waals surface area contributed by atoms with E-state index < -0.39 is 0 Å². The second kappa shape index (κ2) is 7.24. The van der Waals surface area contributed by atoms with Crippen molar-refractivity contribution in [3.8, 4) is 0 Å². The molecule has 1 aromatic carbocycles. The fourth-order valence-electron chi connectivity index (χ4n) is 3.18. The zero-order valence-corrected chi connectivity index (χ0v) is 14.0. The van der Waals surface area contributed by atoms with Gasteiger partial charge in [-0.25, -0.2) is 0 Å². The predicted octanol–water partition coefficient (Wildman–Crippen LogP) is 3.94. The lowest BCUT2D eigenvalue weighted by molar-refractivity contribution is 0.0591. The second-order valence-corrected chi connectivity index (χ2v) is 6.69. The van der Waals surface area contributed by atoms with Gasteiger partial charge in [-0.15, -0.1) is 0 Å². The van der Waals surface area contributed by atoms with Crippen LogP contribution in [0.25, 0.3) is 0 Å². The Bertz CT molecular complexity index is 462. The first-order valence-corrected chi connectivity index (χ1v) is 8.23. The number of benzene rings is 1. The summed E-state index contributed by atoms with van der Waals surface area (Å²) in [4.78, 5) is 2.64. The summed E-state index contributed by atoms with van der Waals surface area (Å²) in [5, 5.41) is 3.76. The van der Waals surface area contributed by atoms with Gasteiger partial charge in [0, 0.05) is 25.7 Å². The van der Waals surface area contributed by atoms with E-state index in [0.717, 1.165) is 19.6 Å². The van der Waals surface area contributed by atoms with Gasteiger partial charge in [-0.05, 0) is 32.8 Å². The summed E-state index contributed by atoms with van der Waals surface area (Å²) in [5.74, 6) is 0. The molecule has 2 rings (SSSR count). The van der Waals surface area contributed by atoms with Crippen molar-refractivity contribution in [1.82, 2.24) is 10.2 Å². The molecule has 21 heavy (non-hydrogen) atoms. The summed E-state index contributed by atoms with van der Waals surface area (Å²) in [7, 11) is 0. The van der Waals surface area contributed by atoms with E-state index in [-0.39, 0.29) is 5.54 Å². The fraction of sp³-hybridized carbons (Fsp3) is 0.579. The van der Waals surface area contributed by atoms with Gasteiger partial charge in [0.2, 0.25) is 0 Å². The SMILES string of the molecule is CCCC1CN(CC=C(C)C)C(C)(c2ccccc2)CN1. The van der Waals surface area contributed by atoms with Crippen LogP contribution >= 0.6 is 0 Å². The summed E-state index contributed by atoms with van der Waals surface area (Å²) in [5.41, 5.74) is 2.89. The standard InChI is InChI=1S/C19H30N2/c1-5-9-18-14-21(13-12-16(2)3)19(4,15-20-18)17-10-7-6-8-11-17/h6-8,10-12,18,20H,5,9,13-15H2,1-4H3. The van der Waals surface area contributed by atoms with Crippen LogP contribution in [0.3, 0.4) is 0 Å². The molecule has 0 saturated carbocycles. The van der Waals surface area contributed by atoms with Crippen molar-refractivity contribution in [3.63, 3.8) is 0 Å². The average molecular weight is 286 g/mol. The Labute approximate surface area is 130 Å². The quantitative estimate of drug-likeness (QED) is 0.825. The minimum atomic E-state index is 0.0808. The van der Waals surface area contributed by atoms with Crippen molar-refractivity contribution in [3.05, 3.63) is 47.5 Å². The lowest BCUT2D eigenvalue weighted by Gasteiger charge is -2.48. The summed E-state index contributed by atoms with van der Waals surface area (Å²) in [6.45, 7) is 12.2. The molecule has 2 nitrogen and oxygen atoms in total. The number of nitrogens with one attached hydrogen (secondary N) is 1. The molecule has 1 saturated heterocycles. The zero-order valence-electron chi connectivity index (χ0n) is 14.0. The number of nitrogens with zero attached hydrogens (tertiary/aromatic N) is 1. The second-order valence-electron chi connectivity index (χ2n) is 6.69. The molecule has 1 heterocycles. The first kappa shape index (κ1) is 16.3. The van der Waals surface area contributed by atoms with E-state index in [4.69, 9.17) is 0 Å². The van der Waals surface area contributed by atoms with Crippen molar-refractivity contribution in [2.75, 3.05) is 19.6 Å². The van der Waals surface area contributed by atoms with E-state index in [1.165, 1.54) is 24.0 Å². The van der Waals surface area contributed by atoms with Crippen molar-refractivity contribution in [1.29, 1.82) is 0 Å². The van der Waals surface area contributed by atoms with Gasteiger partial charge in [0.1, 0.15) is 0 Å². The third-order valence-electron chi connectivity index (χ3n) is 4.63. The van der Waals surface area contributed by atoms with Crippen LogP contribution in [0.1, 0.15) is 46.1 Å². The molecule has 0 bridgehead atoms. The van der Waals surface area contributed by atoms with Gasteiger partial charge in [0.25, 0.3) is 0 Å². The summed E-state index contributed by atoms with van der Waals surface area (Å²) < 4.78 is 0. The normalized spacial score (nSPS) is 26.6. The van der Waals surface area contributed by atoms with Crippen molar-refractivity contribution in [2.45, 2.75) is 52.1 Å². The molecular formula is C19H30N2. The van der Waals surface area contributed by atoms with Gasteiger partial charge in [0.15, 0.2) is 0 Å². The fourth-order valence-corrected chi connectivity index (χ4v) is 3.18. The number of hydrogen-bond donors (Lipinski definition) is 1. The molecule has 0 spiro atoms. The number of allylic oxidation sites excluding steroid dienone is 1. The van der Waals surface area contributed by atoms with E-state index in [2.05, 4.69) is 74.3 Å². The van der Waals surface area contributed by atoms with E-state index in [1.807, 2.05) is 0 Å². The van der Waals surface area contributed by atoms with Crippen molar-refractivity contribution in [2.24, 2.45) is 0 Å². The highest BCUT2D eigenvalue weighted by Gasteiger charge is 2.38. The molecule has 0 aliphatic carbocycles. The molecule has 0 amide bonds. The van der Waals surface area contributed by atoms with Gasteiger partial charge in [-0.2, -0.15) is 0 Å². The Balaban J connectivity index is 2.23. The molecule has 1 N–H and O–H groups in total. The van der Waals surface area contributed by atoms with Crippen LogP contribution < -0.4 is 5.32 Å². The monoisotopic (exact) mass is 286 g/mol. The van der Waals surface area contributed by atoms with Crippen LogP contribution in [0, 0.1) is 0 Å². The van der Waals surface area contributed by atoms with Gasteiger partial charge in [-0.1, -0.05) is 55.3 Å². The topological polar surface area (TPSA) is 15.3 Å². The van der Waals surface area contributed by atoms with Gasteiger partial charge >= 0.3 is 0 Å². The molecule has 1 fully saturated rings. The molecular weight excluding hydrogens is 256 g/mol. The maximum absolute atomic E-state index is 3.76. The summed E-state index contributed by atoms with van der Waals surface area (Å²) in [6, 6.07) is 11.5. The maximum atomic E-state index is 3.76. The highest BCUT2D eigenvalue weighted by molar-refractivity contribution is 5.26. The third-order valence-corrected chi connectivity index (χ3v) is 4.63. The highest BCUT2D eigenvalue weighted by Crippen LogP contribution is 2.31. The molecule has 116 valence electrons. The van der Waals surface area contributed by atoms with Crippen LogP contribution in [0.15, 0.2) is 42.0 Å². The van der Waals surface area contributed by atoms with Crippen molar-refractivity contribution < 1.29 is 0 Å². The van der Waals surface area contributed by atoms with Crippen LogP contribution in [0.2, 0.25) is 0 Å². The Morgan fingerprint density at radius 1 is 1.33 bits per heavy atom. The van der Waals surface area contributed by atoms with E-state index in [9.17, 15) is 0 Å². The Morgan fingerprint density at radius 2 is 2.05 bits per heavy atom. The van der Waals surface area contributed by atoms with Crippen LogP contribution in [-0.4, -0.2) is 30.6 Å². The van der Waals surface area contributed by atoms with E-state index in [1.54, 1.807) is 0 Å². The van der Waals surface area contributed by atoms with Crippen molar-refractivity contribution >= 4 is 0 Å². The van der Waals surface area contributed by atoms with Gasteiger partial charge < -0.3 is 5.32 Å². The smallest absolute Gasteiger partial charge is 0.0561 e. The van der Waals surface area contributed by atoms with Gasteiger partial charge in [0.05, 0.1) is 5.54 Å². The summed E-state index contributed by atoms with van der Waals surface area (Å²) >= 11 is 0. The van der Waals surface area contributed by atoms with Crippen LogP contribution in [0.4, 0.5) is 0 Å². The number of hydrogen-bond acceptors (Lipinski definition) is 2. The number of rotatable bonds is 5. The molecule has 1 aromatic rings. The molecule has 0 radical (unpaired) electrons. The highest BCUT2D eigenvalue weighted by atomic mass is 15.3. The van der Waals surface area contributed by atoms with E-state index in [0.29, 0.717) is 6.04 Å². The first-order valence-electron chi connectivity index (χ1n) is 8.23. The third kappa shape index (κ3) is 3.96. The van der Waals surface area contributed by atoms with Crippen LogP contribution in [-0.2, 0) is 5.54 Å². The zero-order chi connectivity index (χ0) is 15.3. The molecule has 2 atom stereocenters. The first-order chi connectivity index (χ1) is 10.1. The number of piperazine rings is 1. The van der Waals surface area contributed by atoms with Crippen LogP contribution in [0.5, 0.6) is 0 Å². The predicted molar refractivity (Wildman–Crippen MR) is 91.5 cm³/mol. The largest absolute Gasteiger partial charge is 0.311 e. The minimum Gasteiger partial charge on any atom is -0.311 e.